The van der Waals surface area contributed by atoms with Crippen molar-refractivity contribution in [2.45, 2.75) is 24.5 Å². The van der Waals surface area contributed by atoms with Gasteiger partial charge in [-0.1, -0.05) is 0 Å². The zero-order chi connectivity index (χ0) is 17.3. The summed E-state index contributed by atoms with van der Waals surface area (Å²) in [6, 6.07) is 6.42. The van der Waals surface area contributed by atoms with Gasteiger partial charge >= 0.3 is 0 Å². The monoisotopic (exact) mass is 349 g/mol. The van der Waals surface area contributed by atoms with Gasteiger partial charge in [0.2, 0.25) is 5.78 Å². The van der Waals surface area contributed by atoms with Crippen molar-refractivity contribution in [1.82, 2.24) is 14.6 Å². The summed E-state index contributed by atoms with van der Waals surface area (Å²) in [4.78, 5) is 23.5. The predicted molar refractivity (Wildman–Crippen MR) is 90.9 cm³/mol. The molecule has 3 atom stereocenters. The molecule has 8 heteroatoms. The molecular formula is C16H19N3O4S. The van der Waals surface area contributed by atoms with E-state index in [9.17, 15) is 4.79 Å². The summed E-state index contributed by atoms with van der Waals surface area (Å²) in [5.74, 6) is 0.928. The average molecular weight is 349 g/mol. The zero-order valence-corrected chi connectivity index (χ0v) is 14.2. The van der Waals surface area contributed by atoms with E-state index in [2.05, 4.69) is 14.6 Å². The number of benzene rings is 1. The molecule has 2 bridgehead atoms. The molecule has 4 rings (SSSR count). The van der Waals surface area contributed by atoms with Crippen LogP contribution in [0.15, 0.2) is 18.2 Å². The fraction of sp³-hybridized carbons (Fsp3) is 0.438. The first-order valence-electron chi connectivity index (χ1n) is 7.61. The van der Waals surface area contributed by atoms with Gasteiger partial charge in [0.25, 0.3) is 6.47 Å². The van der Waals surface area contributed by atoms with Crippen LogP contribution in [0.5, 0.6) is 5.75 Å². The van der Waals surface area contributed by atoms with Crippen molar-refractivity contribution in [3.8, 4) is 5.75 Å². The Morgan fingerprint density at radius 3 is 2.92 bits per heavy atom. The number of piperazine rings is 1. The lowest BCUT2D eigenvalue weighted by Gasteiger charge is -2.30. The third-order valence-electron chi connectivity index (χ3n) is 4.72. The molecule has 2 N–H and O–H groups in total. The summed E-state index contributed by atoms with van der Waals surface area (Å²) in [5.41, 5.74) is 0.601. The number of rotatable bonds is 3. The van der Waals surface area contributed by atoms with Crippen LogP contribution >= 0.6 is 11.5 Å². The van der Waals surface area contributed by atoms with Crippen molar-refractivity contribution in [2.24, 2.45) is 0 Å². The molecule has 2 aromatic rings. The lowest BCUT2D eigenvalue weighted by atomic mass is 10.0. The quantitative estimate of drug-likeness (QED) is 0.636. The van der Waals surface area contributed by atoms with Crippen LogP contribution in [0.4, 0.5) is 0 Å². The highest BCUT2D eigenvalue weighted by atomic mass is 32.1. The molecule has 2 fully saturated rings. The number of Topliss-reactive ketones (excluding diaryl/α,β-unsaturated/α-hetero) is 1. The minimum absolute atomic E-state index is 0.0869. The number of aromatic nitrogens is 1. The molecule has 24 heavy (non-hydrogen) atoms. The topological polar surface area (TPSA) is 91.8 Å². The van der Waals surface area contributed by atoms with Gasteiger partial charge in [0.05, 0.1) is 17.9 Å². The molecule has 0 aliphatic carbocycles. The molecule has 1 aromatic heterocycles. The van der Waals surface area contributed by atoms with E-state index in [4.69, 9.17) is 14.6 Å². The Kier molecular flexibility index (Phi) is 4.79. The van der Waals surface area contributed by atoms with Crippen LogP contribution in [0.1, 0.15) is 16.9 Å². The van der Waals surface area contributed by atoms with E-state index in [0.29, 0.717) is 11.7 Å². The highest BCUT2D eigenvalue weighted by Crippen LogP contribution is 2.33. The number of hydrogen-bond donors (Lipinski definition) is 2. The molecule has 0 radical (unpaired) electrons. The maximum Gasteiger partial charge on any atom is 0.290 e. The van der Waals surface area contributed by atoms with Gasteiger partial charge in [-0.15, -0.1) is 0 Å². The number of carbonyl (C=O) groups excluding carboxylic acids is 1. The number of ketones is 1. The fourth-order valence-corrected chi connectivity index (χ4v) is 4.35. The van der Waals surface area contributed by atoms with Gasteiger partial charge in [-0.3, -0.25) is 14.5 Å². The molecule has 1 aromatic carbocycles. The first-order chi connectivity index (χ1) is 11.6. The van der Waals surface area contributed by atoms with Gasteiger partial charge in [0.1, 0.15) is 11.4 Å². The lowest BCUT2D eigenvalue weighted by Crippen LogP contribution is -2.53. The summed E-state index contributed by atoms with van der Waals surface area (Å²) in [6.45, 7) is 0.736. The van der Waals surface area contributed by atoms with E-state index in [1.807, 2.05) is 25.2 Å². The SMILES string of the molecule is COc1ccc2c(C(=O)C3[C@H]4C[C@@H](CN4)N3C)nsc2c1.O=CO. The minimum Gasteiger partial charge on any atom is -0.497 e. The zero-order valence-electron chi connectivity index (χ0n) is 13.4. The second-order valence-corrected chi connectivity index (χ2v) is 6.68. The number of carbonyl (C=O) groups is 2. The largest absolute Gasteiger partial charge is 0.497 e. The smallest absolute Gasteiger partial charge is 0.290 e. The van der Waals surface area contributed by atoms with Crippen LogP contribution < -0.4 is 10.1 Å². The van der Waals surface area contributed by atoms with E-state index in [1.54, 1.807) is 7.11 Å². The molecule has 0 spiro atoms. The first kappa shape index (κ1) is 16.8. The Bertz CT molecular complexity index is 761. The normalized spacial score (nSPS) is 25.3. The Morgan fingerprint density at radius 2 is 2.29 bits per heavy atom. The molecule has 3 heterocycles. The van der Waals surface area contributed by atoms with Crippen molar-refractivity contribution < 1.29 is 19.4 Å². The number of likely N-dealkylation sites (N-methyl/N-ethyl adjacent to an activating group) is 1. The first-order valence-corrected chi connectivity index (χ1v) is 8.38. The van der Waals surface area contributed by atoms with E-state index >= 15 is 0 Å². The van der Waals surface area contributed by atoms with Crippen molar-refractivity contribution >= 4 is 33.9 Å². The standard InChI is InChI=1S/C15H17N3O2S.CH2O2/c1-18-8-5-11(16-7-8)14(18)15(19)13-10-4-3-9(20-2)6-12(10)21-17-13;2-1-3/h3-4,6,8,11,14,16H,5,7H2,1-2H3;1H,(H,2,3)/t8-,11+,14?;/m0./s1. The Hall–Kier alpha value is -2.03. The molecule has 0 saturated carbocycles. The molecule has 0 amide bonds. The molecule has 128 valence electrons. The number of nitrogens with zero attached hydrogens (tertiary/aromatic N) is 2. The van der Waals surface area contributed by atoms with Crippen molar-refractivity contribution in [2.75, 3.05) is 20.7 Å². The molecule has 2 aliphatic rings. The van der Waals surface area contributed by atoms with E-state index in [0.717, 1.165) is 28.8 Å². The Labute approximate surface area is 143 Å². The van der Waals surface area contributed by atoms with Gasteiger partial charge in [-0.2, -0.15) is 4.37 Å². The molecule has 7 nitrogen and oxygen atoms in total. The van der Waals surface area contributed by atoms with Crippen LogP contribution in [0.3, 0.4) is 0 Å². The number of fused-ring (bicyclic) bond motifs is 3. The van der Waals surface area contributed by atoms with Crippen LogP contribution in [0, 0.1) is 0 Å². The maximum absolute atomic E-state index is 12.9. The van der Waals surface area contributed by atoms with Gasteiger partial charge < -0.3 is 15.2 Å². The van der Waals surface area contributed by atoms with Gasteiger partial charge in [0, 0.05) is 24.0 Å². The van der Waals surface area contributed by atoms with E-state index in [-0.39, 0.29) is 24.3 Å². The van der Waals surface area contributed by atoms with Crippen molar-refractivity contribution in [3.05, 3.63) is 23.9 Å². The predicted octanol–water partition coefficient (Wildman–Crippen LogP) is 1.23. The van der Waals surface area contributed by atoms with Crippen LogP contribution in [0.2, 0.25) is 0 Å². The van der Waals surface area contributed by atoms with E-state index < -0.39 is 0 Å². The summed E-state index contributed by atoms with van der Waals surface area (Å²) in [7, 11) is 3.69. The Balaban J connectivity index is 0.000000526. The number of carboxylic acid groups (broad SMARTS) is 1. The van der Waals surface area contributed by atoms with Gasteiger partial charge in [0.15, 0.2) is 0 Å². The van der Waals surface area contributed by atoms with Crippen molar-refractivity contribution in [3.63, 3.8) is 0 Å². The fourth-order valence-electron chi connectivity index (χ4n) is 3.54. The van der Waals surface area contributed by atoms with Crippen molar-refractivity contribution in [1.29, 1.82) is 0 Å². The average Bonchev–Trinajstić information content (AvgIpc) is 3.28. The summed E-state index contributed by atoms with van der Waals surface area (Å²) >= 11 is 1.36. The highest BCUT2D eigenvalue weighted by Gasteiger charge is 2.48. The minimum atomic E-state index is -0.250. The number of hydrogen-bond acceptors (Lipinski definition) is 7. The second kappa shape index (κ2) is 6.84. The van der Waals surface area contributed by atoms with Crippen LogP contribution in [-0.2, 0) is 4.79 Å². The highest BCUT2D eigenvalue weighted by molar-refractivity contribution is 7.13. The summed E-state index contributed by atoms with van der Waals surface area (Å²) in [6.07, 6.45) is 1.06. The van der Waals surface area contributed by atoms with Crippen LogP contribution in [0.25, 0.3) is 10.1 Å². The Morgan fingerprint density at radius 1 is 1.54 bits per heavy atom. The number of ether oxygens (including phenoxy) is 1. The second-order valence-electron chi connectivity index (χ2n) is 5.88. The maximum atomic E-state index is 12.9. The summed E-state index contributed by atoms with van der Waals surface area (Å²) in [5, 5.41) is 11.3. The van der Waals surface area contributed by atoms with E-state index in [1.165, 1.54) is 11.5 Å². The van der Waals surface area contributed by atoms with Gasteiger partial charge in [-0.05, 0) is 43.2 Å². The molecule has 2 aliphatic heterocycles. The van der Waals surface area contributed by atoms with Crippen LogP contribution in [-0.4, -0.2) is 65.5 Å². The third kappa shape index (κ3) is 2.77. The molecular weight excluding hydrogens is 330 g/mol. The lowest BCUT2D eigenvalue weighted by molar-refractivity contribution is -0.122. The third-order valence-corrected chi connectivity index (χ3v) is 5.53. The summed E-state index contributed by atoms with van der Waals surface area (Å²) < 4.78 is 10.6. The molecule has 2 saturated heterocycles. The molecule has 1 unspecified atom stereocenters. The number of methoxy groups -OCH3 is 1. The number of nitrogens with one attached hydrogen (secondary N) is 1. The van der Waals surface area contributed by atoms with Gasteiger partial charge in [-0.25, -0.2) is 0 Å². The number of likely N-dealkylation sites (tertiary alicyclic amines) is 1.